The van der Waals surface area contributed by atoms with Gasteiger partial charge in [-0.15, -0.1) is 0 Å². The lowest BCUT2D eigenvalue weighted by Gasteiger charge is -2.35. The van der Waals surface area contributed by atoms with E-state index in [2.05, 4.69) is 0 Å². The van der Waals surface area contributed by atoms with Gasteiger partial charge < -0.3 is 10.6 Å². The lowest BCUT2D eigenvalue weighted by atomic mass is 10.0. The number of piperidine rings is 1. The topological polar surface area (TPSA) is 29.3 Å². The van der Waals surface area contributed by atoms with Gasteiger partial charge in [-0.25, -0.2) is 8.78 Å². The molecule has 0 saturated carbocycles. The molecule has 110 valence electrons. The summed E-state index contributed by atoms with van der Waals surface area (Å²) in [6.45, 7) is 0.369. The van der Waals surface area contributed by atoms with E-state index >= 15 is 0 Å². The van der Waals surface area contributed by atoms with Crippen LogP contribution in [0.3, 0.4) is 0 Å². The second-order valence-corrected chi connectivity index (χ2v) is 5.52. The van der Waals surface area contributed by atoms with Crippen LogP contribution in [0.25, 0.3) is 11.1 Å². The normalized spacial score (nSPS) is 17.7. The molecule has 2 N–H and O–H groups in total. The standard InChI is InChI=1S/C17H18F2N2/c18-17(19)9-4-10-21(12-17)16-11-14(7-8-15(16)20)13-5-2-1-3-6-13/h1-3,5-8,11H,4,9-10,12,20H2. The maximum absolute atomic E-state index is 13.6. The molecule has 2 nitrogen and oxygen atoms in total. The van der Waals surface area contributed by atoms with E-state index in [1.165, 1.54) is 0 Å². The highest BCUT2D eigenvalue weighted by Crippen LogP contribution is 2.35. The Balaban J connectivity index is 1.95. The average Bonchev–Trinajstić information content (AvgIpc) is 2.47. The molecule has 0 atom stereocenters. The molecule has 4 heteroatoms. The number of alkyl halides is 2. The number of hydrogen-bond donors (Lipinski definition) is 1. The van der Waals surface area contributed by atoms with Crippen LogP contribution in [0.5, 0.6) is 0 Å². The number of anilines is 2. The van der Waals surface area contributed by atoms with Crippen molar-refractivity contribution in [2.24, 2.45) is 0 Å². The number of nitrogen functional groups attached to an aromatic ring is 1. The van der Waals surface area contributed by atoms with Gasteiger partial charge in [-0.05, 0) is 29.7 Å². The van der Waals surface area contributed by atoms with Crippen LogP contribution < -0.4 is 10.6 Å². The number of rotatable bonds is 2. The maximum Gasteiger partial charge on any atom is 0.265 e. The van der Waals surface area contributed by atoms with Crippen LogP contribution >= 0.6 is 0 Å². The molecule has 1 fully saturated rings. The summed E-state index contributed by atoms with van der Waals surface area (Å²) in [6.07, 6.45) is 0.448. The van der Waals surface area contributed by atoms with E-state index in [4.69, 9.17) is 5.73 Å². The quantitative estimate of drug-likeness (QED) is 0.840. The summed E-state index contributed by atoms with van der Waals surface area (Å²) in [6, 6.07) is 15.5. The minimum atomic E-state index is -2.63. The predicted molar refractivity (Wildman–Crippen MR) is 82.7 cm³/mol. The van der Waals surface area contributed by atoms with Crippen molar-refractivity contribution in [3.8, 4) is 11.1 Å². The summed E-state index contributed by atoms with van der Waals surface area (Å²) < 4.78 is 27.2. The fourth-order valence-corrected chi connectivity index (χ4v) is 2.80. The molecule has 0 aliphatic carbocycles. The van der Waals surface area contributed by atoms with Gasteiger partial charge >= 0.3 is 0 Å². The molecule has 0 bridgehead atoms. The molecule has 1 saturated heterocycles. The van der Waals surface area contributed by atoms with Crippen LogP contribution in [0.2, 0.25) is 0 Å². The van der Waals surface area contributed by atoms with E-state index in [9.17, 15) is 8.78 Å². The van der Waals surface area contributed by atoms with Crippen molar-refractivity contribution in [3.63, 3.8) is 0 Å². The van der Waals surface area contributed by atoms with Gasteiger partial charge in [0, 0.05) is 13.0 Å². The molecule has 3 rings (SSSR count). The zero-order chi connectivity index (χ0) is 14.9. The average molecular weight is 288 g/mol. The Kier molecular flexibility index (Phi) is 3.53. The summed E-state index contributed by atoms with van der Waals surface area (Å²) in [5.74, 6) is -2.63. The largest absolute Gasteiger partial charge is 0.397 e. The first-order chi connectivity index (χ1) is 10.1. The first-order valence-corrected chi connectivity index (χ1v) is 7.13. The lowest BCUT2D eigenvalue weighted by Crippen LogP contribution is -2.42. The van der Waals surface area contributed by atoms with E-state index in [0.29, 0.717) is 24.3 Å². The maximum atomic E-state index is 13.6. The van der Waals surface area contributed by atoms with Crippen molar-refractivity contribution < 1.29 is 8.78 Å². The van der Waals surface area contributed by atoms with Crippen LogP contribution in [0.4, 0.5) is 20.2 Å². The zero-order valence-corrected chi connectivity index (χ0v) is 11.7. The Morgan fingerprint density at radius 1 is 1.00 bits per heavy atom. The predicted octanol–water partition coefficient (Wildman–Crippen LogP) is 4.17. The monoisotopic (exact) mass is 288 g/mol. The summed E-state index contributed by atoms with van der Waals surface area (Å²) in [7, 11) is 0. The second kappa shape index (κ2) is 5.35. The molecule has 21 heavy (non-hydrogen) atoms. The molecule has 1 aliphatic rings. The third kappa shape index (κ3) is 2.99. The Labute approximate surface area is 123 Å². The Morgan fingerprint density at radius 3 is 2.48 bits per heavy atom. The first-order valence-electron chi connectivity index (χ1n) is 7.13. The SMILES string of the molecule is Nc1ccc(-c2ccccc2)cc1N1CCCC(F)(F)C1. The number of benzene rings is 2. The van der Waals surface area contributed by atoms with Gasteiger partial charge in [0.15, 0.2) is 0 Å². The van der Waals surface area contributed by atoms with E-state index in [1.54, 1.807) is 11.0 Å². The van der Waals surface area contributed by atoms with Crippen molar-refractivity contribution in [3.05, 3.63) is 48.5 Å². The molecular weight excluding hydrogens is 270 g/mol. The zero-order valence-electron chi connectivity index (χ0n) is 11.7. The fraction of sp³-hybridized carbons (Fsp3) is 0.294. The van der Waals surface area contributed by atoms with Crippen LogP contribution in [0.15, 0.2) is 48.5 Å². The van der Waals surface area contributed by atoms with Crippen molar-refractivity contribution in [2.75, 3.05) is 23.7 Å². The van der Waals surface area contributed by atoms with Gasteiger partial charge in [-0.1, -0.05) is 36.4 Å². The van der Waals surface area contributed by atoms with Crippen LogP contribution in [0, 0.1) is 0 Å². The van der Waals surface area contributed by atoms with Gasteiger partial charge in [-0.3, -0.25) is 0 Å². The summed E-state index contributed by atoms with van der Waals surface area (Å²) in [4.78, 5) is 1.70. The van der Waals surface area contributed by atoms with E-state index in [1.807, 2.05) is 42.5 Å². The smallest absolute Gasteiger partial charge is 0.265 e. The fourth-order valence-electron chi connectivity index (χ4n) is 2.80. The van der Waals surface area contributed by atoms with Crippen molar-refractivity contribution in [2.45, 2.75) is 18.8 Å². The Bertz CT molecular complexity index is 626. The molecule has 2 aromatic carbocycles. The van der Waals surface area contributed by atoms with Gasteiger partial charge in [0.2, 0.25) is 0 Å². The summed E-state index contributed by atoms with van der Waals surface area (Å²) in [5, 5.41) is 0. The van der Waals surface area contributed by atoms with E-state index in [0.717, 1.165) is 11.1 Å². The molecule has 0 radical (unpaired) electrons. The summed E-state index contributed by atoms with van der Waals surface area (Å²) >= 11 is 0. The molecule has 0 amide bonds. The number of nitrogens with zero attached hydrogens (tertiary/aromatic N) is 1. The highest BCUT2D eigenvalue weighted by Gasteiger charge is 2.35. The van der Waals surface area contributed by atoms with E-state index < -0.39 is 5.92 Å². The van der Waals surface area contributed by atoms with Gasteiger partial charge in [0.25, 0.3) is 5.92 Å². The molecule has 0 spiro atoms. The minimum Gasteiger partial charge on any atom is -0.397 e. The molecule has 1 heterocycles. The Morgan fingerprint density at radius 2 is 1.76 bits per heavy atom. The first kappa shape index (κ1) is 13.9. The molecule has 0 aromatic heterocycles. The van der Waals surface area contributed by atoms with E-state index in [-0.39, 0.29) is 13.0 Å². The summed E-state index contributed by atoms with van der Waals surface area (Å²) in [5.41, 5.74) is 9.31. The minimum absolute atomic E-state index is 0.0399. The molecule has 0 unspecified atom stereocenters. The van der Waals surface area contributed by atoms with Crippen LogP contribution in [-0.2, 0) is 0 Å². The number of halogens is 2. The van der Waals surface area contributed by atoms with Crippen molar-refractivity contribution in [1.82, 2.24) is 0 Å². The van der Waals surface area contributed by atoms with Crippen molar-refractivity contribution in [1.29, 1.82) is 0 Å². The molecule has 2 aromatic rings. The number of nitrogens with two attached hydrogens (primary N) is 1. The van der Waals surface area contributed by atoms with Crippen LogP contribution in [0.1, 0.15) is 12.8 Å². The van der Waals surface area contributed by atoms with Crippen molar-refractivity contribution >= 4 is 11.4 Å². The highest BCUT2D eigenvalue weighted by atomic mass is 19.3. The molecule has 1 aliphatic heterocycles. The van der Waals surface area contributed by atoms with Gasteiger partial charge in [0.1, 0.15) is 0 Å². The van der Waals surface area contributed by atoms with Crippen LogP contribution in [-0.4, -0.2) is 19.0 Å². The number of hydrogen-bond acceptors (Lipinski definition) is 2. The lowest BCUT2D eigenvalue weighted by molar-refractivity contribution is -0.0116. The van der Waals surface area contributed by atoms with Gasteiger partial charge in [-0.2, -0.15) is 0 Å². The van der Waals surface area contributed by atoms with Gasteiger partial charge in [0.05, 0.1) is 17.9 Å². The third-order valence-electron chi connectivity index (χ3n) is 3.87. The highest BCUT2D eigenvalue weighted by molar-refractivity contribution is 5.77. The molecular formula is C17H18F2N2. The third-order valence-corrected chi connectivity index (χ3v) is 3.87. The Hall–Kier alpha value is -2.10. The second-order valence-electron chi connectivity index (χ2n) is 5.52.